The summed E-state index contributed by atoms with van der Waals surface area (Å²) in [7, 11) is 0. The van der Waals surface area contributed by atoms with Gasteiger partial charge in [-0.25, -0.2) is 9.07 Å². The van der Waals surface area contributed by atoms with Crippen molar-refractivity contribution in [3.8, 4) is 0 Å². The van der Waals surface area contributed by atoms with E-state index in [0.29, 0.717) is 29.1 Å². The Labute approximate surface area is 129 Å². The number of hydrogen-bond donors (Lipinski definition) is 1. The Kier molecular flexibility index (Phi) is 3.31. The molecule has 0 fully saturated rings. The Hall–Kier alpha value is -2.17. The lowest BCUT2D eigenvalue weighted by molar-refractivity contribution is 0.101. The maximum Gasteiger partial charge on any atom is 0.165 e. The zero-order valence-corrected chi connectivity index (χ0v) is 13.3. The zero-order chi connectivity index (χ0) is 16.1. The molecule has 3 rings (SSSR count). The number of aromatic nitrogens is 2. The number of carbonyl (C=O) groups excluding carboxylic acids is 1. The summed E-state index contributed by atoms with van der Waals surface area (Å²) in [4.78, 5) is 12.0. The molecule has 1 atom stereocenters. The summed E-state index contributed by atoms with van der Waals surface area (Å²) in [5, 5.41) is 7.84. The molecule has 0 saturated carbocycles. The largest absolute Gasteiger partial charge is 0.363 e. The van der Waals surface area contributed by atoms with Gasteiger partial charge in [-0.05, 0) is 40.2 Å². The van der Waals surface area contributed by atoms with Gasteiger partial charge in [0.25, 0.3) is 0 Å². The van der Waals surface area contributed by atoms with Crippen molar-refractivity contribution in [1.29, 1.82) is 0 Å². The molecular weight excluding hydrogens is 281 g/mol. The second-order valence-corrected chi connectivity index (χ2v) is 6.51. The molecule has 0 unspecified atom stereocenters. The highest BCUT2D eigenvalue weighted by Gasteiger charge is 2.37. The van der Waals surface area contributed by atoms with E-state index in [1.54, 1.807) is 12.1 Å². The van der Waals surface area contributed by atoms with Crippen molar-refractivity contribution in [3.05, 3.63) is 46.9 Å². The summed E-state index contributed by atoms with van der Waals surface area (Å²) in [6.07, 6.45) is 0.694. The van der Waals surface area contributed by atoms with Crippen LogP contribution in [0.15, 0.2) is 24.3 Å². The molecule has 0 spiro atoms. The van der Waals surface area contributed by atoms with E-state index in [4.69, 9.17) is 0 Å². The van der Waals surface area contributed by atoms with Gasteiger partial charge >= 0.3 is 0 Å². The van der Waals surface area contributed by atoms with Gasteiger partial charge < -0.3 is 5.32 Å². The number of hydrogen-bond acceptors (Lipinski definition) is 3. The summed E-state index contributed by atoms with van der Waals surface area (Å²) >= 11 is 0. The van der Waals surface area contributed by atoms with Crippen LogP contribution in [-0.4, -0.2) is 15.6 Å². The van der Waals surface area contributed by atoms with Gasteiger partial charge in [0.15, 0.2) is 5.78 Å². The predicted octanol–water partition coefficient (Wildman–Crippen LogP) is 3.83. The van der Waals surface area contributed by atoms with E-state index in [1.807, 2.05) is 17.7 Å². The van der Waals surface area contributed by atoms with Crippen LogP contribution in [0.2, 0.25) is 0 Å². The van der Waals surface area contributed by atoms with Crippen molar-refractivity contribution in [2.45, 2.75) is 45.7 Å². The van der Waals surface area contributed by atoms with E-state index in [-0.39, 0.29) is 23.2 Å². The highest BCUT2D eigenvalue weighted by Crippen LogP contribution is 2.41. The molecule has 1 aliphatic rings. The Morgan fingerprint density at radius 2 is 2.09 bits per heavy atom. The number of Topliss-reactive ketones (excluding diaryl/α,β-unsaturated/α-hetero) is 1. The highest BCUT2D eigenvalue weighted by atomic mass is 19.1. The van der Waals surface area contributed by atoms with E-state index in [1.165, 1.54) is 13.0 Å². The summed E-state index contributed by atoms with van der Waals surface area (Å²) in [6, 6.07) is 6.58. The molecule has 4 nitrogen and oxygen atoms in total. The Morgan fingerprint density at radius 1 is 1.41 bits per heavy atom. The van der Waals surface area contributed by atoms with Crippen molar-refractivity contribution >= 4 is 11.6 Å². The second kappa shape index (κ2) is 4.93. The van der Waals surface area contributed by atoms with Gasteiger partial charge in [-0.15, -0.1) is 0 Å². The fraction of sp³-hybridized carbons (Fsp3) is 0.412. The maximum absolute atomic E-state index is 14.1. The molecule has 5 heteroatoms. The molecule has 0 aliphatic carbocycles. The van der Waals surface area contributed by atoms with Crippen LogP contribution in [0.3, 0.4) is 0 Å². The number of fused-ring (bicyclic) bond motifs is 1. The van der Waals surface area contributed by atoms with E-state index in [9.17, 15) is 9.18 Å². The highest BCUT2D eigenvalue weighted by molar-refractivity contribution is 6.00. The molecule has 1 aromatic heterocycles. The minimum absolute atomic E-state index is 0.0313. The van der Waals surface area contributed by atoms with Crippen LogP contribution in [0.4, 0.5) is 10.2 Å². The number of ketones is 1. The van der Waals surface area contributed by atoms with Gasteiger partial charge in [0.2, 0.25) is 0 Å². The Bertz CT molecular complexity index is 748. The van der Waals surface area contributed by atoms with Crippen LogP contribution in [0, 0.1) is 12.7 Å². The smallest absolute Gasteiger partial charge is 0.165 e. The fourth-order valence-corrected chi connectivity index (χ4v) is 3.27. The molecule has 2 heterocycles. The standard InChI is InChI=1S/C17H20FN3O/c1-10-15(11(2)22)16-19-14(9-17(3,4)21(16)20-10)12-7-5-6-8-13(12)18/h5-8,14,19H,9H2,1-4H3/t14-/m1/s1. The summed E-state index contributed by atoms with van der Waals surface area (Å²) in [6.45, 7) is 7.48. The number of nitrogens with one attached hydrogen (secondary N) is 1. The van der Waals surface area contributed by atoms with Crippen molar-refractivity contribution in [2.24, 2.45) is 0 Å². The number of aryl methyl sites for hydroxylation is 1. The van der Waals surface area contributed by atoms with Gasteiger partial charge in [-0.1, -0.05) is 18.2 Å². The maximum atomic E-state index is 14.1. The minimum atomic E-state index is -0.300. The number of anilines is 1. The zero-order valence-electron chi connectivity index (χ0n) is 13.3. The molecule has 1 aliphatic heterocycles. The first-order valence-corrected chi connectivity index (χ1v) is 7.43. The number of nitrogens with zero attached hydrogens (tertiary/aromatic N) is 2. The first-order valence-electron chi connectivity index (χ1n) is 7.43. The molecule has 0 saturated heterocycles. The van der Waals surface area contributed by atoms with Gasteiger partial charge in [0.05, 0.1) is 22.8 Å². The first kappa shape index (κ1) is 14.8. The predicted molar refractivity (Wildman–Crippen MR) is 83.7 cm³/mol. The van der Waals surface area contributed by atoms with Crippen molar-refractivity contribution < 1.29 is 9.18 Å². The molecule has 0 bridgehead atoms. The van der Waals surface area contributed by atoms with Crippen LogP contribution >= 0.6 is 0 Å². The van der Waals surface area contributed by atoms with Gasteiger partial charge in [0, 0.05) is 5.56 Å². The molecule has 1 aromatic carbocycles. The Morgan fingerprint density at radius 3 is 2.73 bits per heavy atom. The Balaban J connectivity index is 2.12. The summed E-state index contributed by atoms with van der Waals surface area (Å²) in [5.41, 5.74) is 1.62. The third-order valence-corrected chi connectivity index (χ3v) is 4.28. The van der Waals surface area contributed by atoms with Crippen LogP contribution in [0.5, 0.6) is 0 Å². The lowest BCUT2D eigenvalue weighted by atomic mass is 9.88. The van der Waals surface area contributed by atoms with E-state index in [0.717, 1.165) is 0 Å². The topological polar surface area (TPSA) is 46.9 Å². The quantitative estimate of drug-likeness (QED) is 0.858. The lowest BCUT2D eigenvalue weighted by Gasteiger charge is -2.38. The molecule has 1 N–H and O–H groups in total. The van der Waals surface area contributed by atoms with Gasteiger partial charge in [-0.2, -0.15) is 5.10 Å². The van der Waals surface area contributed by atoms with Crippen LogP contribution in [-0.2, 0) is 5.54 Å². The number of rotatable bonds is 2. The van der Waals surface area contributed by atoms with Crippen molar-refractivity contribution in [1.82, 2.24) is 9.78 Å². The van der Waals surface area contributed by atoms with Crippen LogP contribution in [0.25, 0.3) is 0 Å². The number of benzene rings is 1. The molecule has 0 radical (unpaired) electrons. The molecule has 22 heavy (non-hydrogen) atoms. The van der Waals surface area contributed by atoms with E-state index < -0.39 is 0 Å². The van der Waals surface area contributed by atoms with Gasteiger partial charge in [0.1, 0.15) is 11.6 Å². The average molecular weight is 301 g/mol. The second-order valence-electron chi connectivity index (χ2n) is 6.51. The van der Waals surface area contributed by atoms with Crippen LogP contribution in [0.1, 0.15) is 54.8 Å². The number of carbonyl (C=O) groups is 1. The van der Waals surface area contributed by atoms with E-state index >= 15 is 0 Å². The third kappa shape index (κ3) is 2.21. The molecule has 116 valence electrons. The number of halogens is 1. The molecule has 2 aromatic rings. The molecule has 0 amide bonds. The fourth-order valence-electron chi connectivity index (χ4n) is 3.27. The summed E-state index contributed by atoms with van der Waals surface area (Å²) < 4.78 is 16.0. The summed E-state index contributed by atoms with van der Waals surface area (Å²) in [5.74, 6) is 0.426. The van der Waals surface area contributed by atoms with Crippen molar-refractivity contribution in [3.63, 3.8) is 0 Å². The first-order chi connectivity index (χ1) is 10.3. The average Bonchev–Trinajstić information content (AvgIpc) is 2.76. The minimum Gasteiger partial charge on any atom is -0.363 e. The SMILES string of the molecule is CC(=O)c1c(C)nn2c1N[C@@H](c1ccccc1F)CC2(C)C. The lowest BCUT2D eigenvalue weighted by Crippen LogP contribution is -2.38. The van der Waals surface area contributed by atoms with Gasteiger partial charge in [-0.3, -0.25) is 4.79 Å². The normalized spacial score (nSPS) is 19.4. The third-order valence-electron chi connectivity index (χ3n) is 4.28. The van der Waals surface area contributed by atoms with Crippen LogP contribution < -0.4 is 5.32 Å². The molecular formula is C17H20FN3O. The monoisotopic (exact) mass is 301 g/mol. The van der Waals surface area contributed by atoms with E-state index in [2.05, 4.69) is 24.3 Å². The van der Waals surface area contributed by atoms with Crippen molar-refractivity contribution in [2.75, 3.05) is 5.32 Å².